The molecule has 0 aliphatic carbocycles. The normalized spacial score (nSPS) is 11.0. The van der Waals surface area contributed by atoms with Gasteiger partial charge in [0.1, 0.15) is 17.4 Å². The summed E-state index contributed by atoms with van der Waals surface area (Å²) in [4.78, 5) is 4.78. The molecule has 30 heavy (non-hydrogen) atoms. The molecule has 0 amide bonds. The Balaban J connectivity index is 1.39. The molecule has 0 saturated carbocycles. The Morgan fingerprint density at radius 2 is 1.83 bits per heavy atom. The first-order valence-corrected chi connectivity index (χ1v) is 12.2. The first-order valence-electron chi connectivity index (χ1n) is 9.57. The topological polar surface area (TPSA) is 52.8 Å². The molecule has 0 atom stereocenters. The van der Waals surface area contributed by atoms with Crippen LogP contribution in [0.2, 0.25) is 0 Å². The molecular formula is C22H21BrN4OS2. The molecule has 0 N–H and O–H groups in total. The van der Waals surface area contributed by atoms with E-state index in [1.165, 1.54) is 5.56 Å². The van der Waals surface area contributed by atoms with Gasteiger partial charge < -0.3 is 9.30 Å². The van der Waals surface area contributed by atoms with Crippen LogP contribution in [0.5, 0.6) is 5.75 Å². The van der Waals surface area contributed by atoms with Crippen LogP contribution in [0, 0.1) is 6.92 Å². The van der Waals surface area contributed by atoms with Crippen molar-refractivity contribution >= 4 is 39.0 Å². The number of ether oxygens (including phenoxy) is 1. The lowest BCUT2D eigenvalue weighted by molar-refractivity contribution is 0.288. The minimum Gasteiger partial charge on any atom is -0.486 e. The van der Waals surface area contributed by atoms with Crippen LogP contribution in [0.25, 0.3) is 10.6 Å². The molecule has 2 heterocycles. The molecule has 154 valence electrons. The van der Waals surface area contributed by atoms with E-state index < -0.39 is 0 Å². The van der Waals surface area contributed by atoms with E-state index in [1.54, 1.807) is 23.1 Å². The van der Waals surface area contributed by atoms with Crippen molar-refractivity contribution in [1.82, 2.24) is 19.7 Å². The van der Waals surface area contributed by atoms with Crippen LogP contribution in [0.4, 0.5) is 0 Å². The van der Waals surface area contributed by atoms with E-state index in [1.807, 2.05) is 24.3 Å². The predicted octanol–water partition coefficient (Wildman–Crippen LogP) is 6.36. The van der Waals surface area contributed by atoms with E-state index in [2.05, 4.69) is 74.2 Å². The van der Waals surface area contributed by atoms with E-state index in [9.17, 15) is 0 Å². The van der Waals surface area contributed by atoms with Gasteiger partial charge in [0.15, 0.2) is 11.0 Å². The number of hydrogen-bond acceptors (Lipinski definition) is 6. The second kappa shape index (κ2) is 9.76. The summed E-state index contributed by atoms with van der Waals surface area (Å²) in [5, 5.41) is 12.8. The third-order valence-corrected chi connectivity index (χ3v) is 6.96. The highest BCUT2D eigenvalue weighted by molar-refractivity contribution is 9.10. The number of thioether (sulfide) groups is 1. The van der Waals surface area contributed by atoms with Crippen LogP contribution in [0.15, 0.2) is 63.5 Å². The molecule has 0 aliphatic heterocycles. The number of nitrogens with zero attached hydrogens (tertiary/aromatic N) is 4. The summed E-state index contributed by atoms with van der Waals surface area (Å²) in [5.41, 5.74) is 3.47. The number of thiazole rings is 1. The maximum absolute atomic E-state index is 5.86. The van der Waals surface area contributed by atoms with Crippen molar-refractivity contribution in [3.8, 4) is 16.3 Å². The first kappa shape index (κ1) is 21.1. The second-order valence-corrected chi connectivity index (χ2v) is 9.40. The van der Waals surface area contributed by atoms with Crippen LogP contribution in [0.3, 0.4) is 0 Å². The molecule has 0 spiro atoms. The third-order valence-electron chi connectivity index (χ3n) is 4.49. The lowest BCUT2D eigenvalue weighted by atomic mass is 10.2. The minimum atomic E-state index is 0.386. The van der Waals surface area contributed by atoms with Crippen molar-refractivity contribution in [3.63, 3.8) is 0 Å². The zero-order valence-corrected chi connectivity index (χ0v) is 19.9. The summed E-state index contributed by atoms with van der Waals surface area (Å²) in [6.07, 6.45) is 0. The lowest BCUT2D eigenvalue weighted by Crippen LogP contribution is -2.07. The van der Waals surface area contributed by atoms with Crippen LogP contribution in [-0.2, 0) is 18.9 Å². The molecular weight excluding hydrogens is 480 g/mol. The van der Waals surface area contributed by atoms with Crippen molar-refractivity contribution in [2.24, 2.45) is 0 Å². The number of aromatic nitrogens is 4. The van der Waals surface area contributed by atoms with Gasteiger partial charge >= 0.3 is 0 Å². The monoisotopic (exact) mass is 500 g/mol. The van der Waals surface area contributed by atoms with E-state index in [0.717, 1.165) is 49.8 Å². The van der Waals surface area contributed by atoms with E-state index in [-0.39, 0.29) is 0 Å². The van der Waals surface area contributed by atoms with Crippen molar-refractivity contribution < 1.29 is 4.74 Å². The first-order chi connectivity index (χ1) is 14.6. The van der Waals surface area contributed by atoms with Crippen molar-refractivity contribution in [1.29, 1.82) is 0 Å². The largest absolute Gasteiger partial charge is 0.486 e. The number of benzene rings is 2. The van der Waals surface area contributed by atoms with Gasteiger partial charge in [-0.2, -0.15) is 0 Å². The highest BCUT2D eigenvalue weighted by Gasteiger charge is 2.13. The summed E-state index contributed by atoms with van der Waals surface area (Å²) >= 11 is 6.76. The van der Waals surface area contributed by atoms with Gasteiger partial charge in [0.05, 0.1) is 5.69 Å². The highest BCUT2D eigenvalue weighted by Crippen LogP contribution is 2.28. The maximum atomic E-state index is 5.86. The average molecular weight is 501 g/mol. The van der Waals surface area contributed by atoms with Crippen molar-refractivity contribution in [3.05, 3.63) is 75.5 Å². The van der Waals surface area contributed by atoms with Crippen LogP contribution in [-0.4, -0.2) is 19.7 Å². The maximum Gasteiger partial charge on any atom is 0.191 e. The summed E-state index contributed by atoms with van der Waals surface area (Å²) in [6, 6.07) is 16.3. The van der Waals surface area contributed by atoms with Gasteiger partial charge in [0.25, 0.3) is 0 Å². The molecule has 8 heteroatoms. The van der Waals surface area contributed by atoms with Gasteiger partial charge in [-0.25, -0.2) is 4.98 Å². The minimum absolute atomic E-state index is 0.386. The molecule has 0 aliphatic rings. The van der Waals surface area contributed by atoms with Crippen LogP contribution < -0.4 is 4.74 Å². The molecule has 0 fully saturated rings. The molecule has 0 radical (unpaired) electrons. The standard InChI is InChI=1S/C22H21BrN4OS2/c1-3-27-20(12-28-19-10-8-17(23)9-11-19)25-26-22(27)30-14-18-13-29-21(24-18)16-6-4-15(2)5-7-16/h4-11,13H,3,12,14H2,1-2H3. The van der Waals surface area contributed by atoms with Crippen LogP contribution in [0.1, 0.15) is 24.0 Å². The molecule has 0 unspecified atom stereocenters. The van der Waals surface area contributed by atoms with E-state index in [4.69, 9.17) is 9.72 Å². The van der Waals surface area contributed by atoms with Crippen molar-refractivity contribution in [2.45, 2.75) is 37.9 Å². The Kier molecular flexibility index (Phi) is 6.86. The van der Waals surface area contributed by atoms with Crippen molar-refractivity contribution in [2.75, 3.05) is 0 Å². The molecule has 0 bridgehead atoms. The lowest BCUT2D eigenvalue weighted by Gasteiger charge is -2.08. The van der Waals surface area contributed by atoms with Crippen LogP contribution >= 0.6 is 39.0 Å². The Hall–Kier alpha value is -2.16. The zero-order valence-electron chi connectivity index (χ0n) is 16.7. The fourth-order valence-corrected chi connectivity index (χ4v) is 4.98. The number of rotatable bonds is 8. The van der Waals surface area contributed by atoms with Gasteiger partial charge in [-0.05, 0) is 38.1 Å². The third kappa shape index (κ3) is 5.11. The average Bonchev–Trinajstić information content (AvgIpc) is 3.39. The van der Waals surface area contributed by atoms with Gasteiger partial charge in [-0.1, -0.05) is 57.5 Å². The molecule has 2 aromatic heterocycles. The molecule has 0 saturated heterocycles. The zero-order chi connectivity index (χ0) is 20.9. The molecule has 4 aromatic rings. The smallest absolute Gasteiger partial charge is 0.191 e. The second-order valence-electron chi connectivity index (χ2n) is 6.68. The number of hydrogen-bond donors (Lipinski definition) is 0. The number of aryl methyl sites for hydroxylation is 1. The van der Waals surface area contributed by atoms with E-state index in [0.29, 0.717) is 6.61 Å². The molecule has 2 aromatic carbocycles. The molecule has 4 rings (SSSR count). The van der Waals surface area contributed by atoms with Gasteiger partial charge in [0.2, 0.25) is 0 Å². The highest BCUT2D eigenvalue weighted by atomic mass is 79.9. The number of halogens is 1. The SMILES string of the molecule is CCn1c(COc2ccc(Br)cc2)nnc1SCc1csc(-c2ccc(C)cc2)n1. The Morgan fingerprint density at radius 3 is 2.57 bits per heavy atom. The quantitative estimate of drug-likeness (QED) is 0.263. The fourth-order valence-electron chi connectivity index (χ4n) is 2.87. The van der Waals surface area contributed by atoms with Gasteiger partial charge in [0, 0.05) is 27.7 Å². The summed E-state index contributed by atoms with van der Waals surface area (Å²) in [5.74, 6) is 2.39. The summed E-state index contributed by atoms with van der Waals surface area (Å²) < 4.78 is 8.98. The Labute approximate surface area is 192 Å². The van der Waals surface area contributed by atoms with E-state index >= 15 is 0 Å². The fraction of sp³-hybridized carbons (Fsp3) is 0.227. The molecule has 5 nitrogen and oxygen atoms in total. The predicted molar refractivity (Wildman–Crippen MR) is 126 cm³/mol. The van der Waals surface area contributed by atoms with Gasteiger partial charge in [-0.3, -0.25) is 0 Å². The van der Waals surface area contributed by atoms with Gasteiger partial charge in [-0.15, -0.1) is 21.5 Å². The summed E-state index contributed by atoms with van der Waals surface area (Å²) in [6.45, 7) is 5.36. The Bertz CT molecular complexity index is 1110. The Morgan fingerprint density at radius 1 is 1.07 bits per heavy atom. The summed E-state index contributed by atoms with van der Waals surface area (Å²) in [7, 11) is 0.